The van der Waals surface area contributed by atoms with Gasteiger partial charge in [0.2, 0.25) is 5.69 Å². The molecule has 0 atom stereocenters. The van der Waals surface area contributed by atoms with Gasteiger partial charge < -0.3 is 17.3 Å². The average Bonchev–Trinajstić information content (AvgIpc) is 2.60. The van der Waals surface area contributed by atoms with Crippen LogP contribution in [-0.2, 0) is 0 Å². The normalized spacial score (nSPS) is 11.2. The number of fused-ring (bicyclic) bond motifs is 3. The van der Waals surface area contributed by atoms with Gasteiger partial charge in [0.15, 0.2) is 5.52 Å². The Morgan fingerprint density at radius 1 is 0.846 bits per heavy atom. The first-order valence-electron chi connectivity index (χ1n) is 7.60. The van der Waals surface area contributed by atoms with E-state index < -0.39 is 7.25 Å². The lowest BCUT2D eigenvalue weighted by Gasteiger charge is -2.00. The molecule has 4 rings (SSSR count). The molecule has 132 valence electrons. The fraction of sp³-hybridized carbons (Fsp3) is 0. The first kappa shape index (κ1) is 17.6. The highest BCUT2D eigenvalue weighted by Gasteiger charge is 2.20. The molecule has 2 heterocycles. The van der Waals surface area contributed by atoms with Crippen molar-refractivity contribution in [1.29, 1.82) is 0 Å². The van der Waals surface area contributed by atoms with Gasteiger partial charge in [-0.15, -0.1) is 0 Å². The zero-order valence-electron chi connectivity index (χ0n) is 13.2. The van der Waals surface area contributed by atoms with Crippen LogP contribution in [0, 0.1) is 0 Å². The Balaban J connectivity index is 0.000000349. The Morgan fingerprint density at radius 2 is 1.46 bits per heavy atom. The second-order valence-corrected chi connectivity index (χ2v) is 5.35. The predicted octanol–water partition coefficient (Wildman–Crippen LogP) is 3.63. The van der Waals surface area contributed by atoms with Gasteiger partial charge in [0.05, 0.1) is 0 Å². The first-order valence-corrected chi connectivity index (χ1v) is 7.60. The summed E-state index contributed by atoms with van der Waals surface area (Å²) in [5, 5.41) is 5.62. The van der Waals surface area contributed by atoms with E-state index in [4.69, 9.17) is 0 Å². The van der Waals surface area contributed by atoms with Crippen molar-refractivity contribution in [2.24, 2.45) is 0 Å². The topological polar surface area (TPSA) is 49.9 Å². The molecule has 0 fully saturated rings. The molecule has 9 heteroatoms. The van der Waals surface area contributed by atoms with Crippen molar-refractivity contribution in [3.63, 3.8) is 0 Å². The van der Waals surface area contributed by atoms with E-state index in [0.29, 0.717) is 11.3 Å². The maximum atomic E-state index is 12.2. The standard InChI is InChI=1S/C17H11N3O.BF4/c21-17-16(13-7-2-1-3-8-13)19-20-14-9-5-4-6-12(14)10-11-15(20)18-17;2-1(3,4)5/h1-11H;/q;-1/p+1. The monoisotopic (exact) mass is 361 g/mol. The van der Waals surface area contributed by atoms with Crippen LogP contribution < -0.4 is 10.1 Å². The molecule has 0 radical (unpaired) electrons. The Morgan fingerprint density at radius 3 is 2.15 bits per heavy atom. The molecule has 0 aliphatic heterocycles. The van der Waals surface area contributed by atoms with Crippen molar-refractivity contribution < 1.29 is 21.8 Å². The molecule has 0 saturated heterocycles. The van der Waals surface area contributed by atoms with Gasteiger partial charge in [-0.25, -0.2) is 9.78 Å². The van der Waals surface area contributed by atoms with Gasteiger partial charge in [0.25, 0.3) is 0 Å². The number of hydrogen-bond acceptors (Lipinski definition) is 2. The number of rotatable bonds is 1. The van der Waals surface area contributed by atoms with Gasteiger partial charge in [-0.1, -0.05) is 58.1 Å². The maximum Gasteiger partial charge on any atom is 0.673 e. The number of aromatic amines is 1. The fourth-order valence-electron chi connectivity index (χ4n) is 2.50. The highest BCUT2D eigenvalue weighted by Crippen LogP contribution is 2.13. The lowest BCUT2D eigenvalue weighted by molar-refractivity contribution is -0.554. The second kappa shape index (κ2) is 6.95. The minimum atomic E-state index is -6.00. The molecule has 4 nitrogen and oxygen atoms in total. The number of benzene rings is 2. The van der Waals surface area contributed by atoms with Crippen LogP contribution in [0.25, 0.3) is 27.8 Å². The van der Waals surface area contributed by atoms with Crippen LogP contribution in [0.3, 0.4) is 0 Å². The van der Waals surface area contributed by atoms with Crippen LogP contribution in [0.2, 0.25) is 0 Å². The molecule has 0 saturated carbocycles. The Labute approximate surface area is 144 Å². The van der Waals surface area contributed by atoms with Crippen molar-refractivity contribution in [1.82, 2.24) is 10.1 Å². The van der Waals surface area contributed by atoms with E-state index in [1.165, 1.54) is 0 Å². The number of pyridine rings is 1. The predicted molar refractivity (Wildman–Crippen MR) is 91.1 cm³/mol. The lowest BCUT2D eigenvalue weighted by atomic mass is 10.2. The van der Waals surface area contributed by atoms with Gasteiger partial charge in [-0.05, 0) is 12.1 Å². The minimum Gasteiger partial charge on any atom is -0.418 e. The summed E-state index contributed by atoms with van der Waals surface area (Å²) in [5.74, 6) is 0. The third kappa shape index (κ3) is 4.05. The van der Waals surface area contributed by atoms with E-state index in [9.17, 15) is 22.1 Å². The molecular weight excluding hydrogens is 349 g/mol. The van der Waals surface area contributed by atoms with Crippen molar-refractivity contribution in [2.75, 3.05) is 0 Å². The molecule has 2 aromatic heterocycles. The Hall–Kier alpha value is -3.23. The van der Waals surface area contributed by atoms with Crippen LogP contribution in [0.15, 0.2) is 71.5 Å². The second-order valence-electron chi connectivity index (χ2n) is 5.35. The highest BCUT2D eigenvalue weighted by molar-refractivity contribution is 6.50. The molecule has 0 aliphatic rings. The molecule has 4 aromatic rings. The zero-order chi connectivity index (χ0) is 18.7. The number of nitrogens with one attached hydrogen (secondary N) is 1. The van der Waals surface area contributed by atoms with Crippen molar-refractivity contribution in [3.8, 4) is 11.3 Å². The van der Waals surface area contributed by atoms with Crippen LogP contribution in [0.1, 0.15) is 0 Å². The van der Waals surface area contributed by atoms with Gasteiger partial charge in [0.1, 0.15) is 0 Å². The summed E-state index contributed by atoms with van der Waals surface area (Å²) < 4.78 is 40.8. The molecule has 0 amide bonds. The molecule has 2 aromatic carbocycles. The van der Waals surface area contributed by atoms with Crippen LogP contribution in [0.4, 0.5) is 17.3 Å². The number of para-hydroxylation sites is 1. The first-order chi connectivity index (χ1) is 12.3. The van der Waals surface area contributed by atoms with E-state index in [0.717, 1.165) is 16.5 Å². The molecule has 0 spiro atoms. The summed E-state index contributed by atoms with van der Waals surface area (Å²) in [6, 6.07) is 21.3. The molecule has 0 aliphatic carbocycles. The number of hydrogen-bond donors (Lipinski definition) is 1. The summed E-state index contributed by atoms with van der Waals surface area (Å²) in [6.07, 6.45) is 0. The largest absolute Gasteiger partial charge is 0.673 e. The Kier molecular flexibility index (Phi) is 4.70. The van der Waals surface area contributed by atoms with Gasteiger partial charge in [0, 0.05) is 17.0 Å². The quantitative estimate of drug-likeness (QED) is 0.244. The van der Waals surface area contributed by atoms with Gasteiger partial charge in [-0.3, -0.25) is 0 Å². The van der Waals surface area contributed by atoms with E-state index in [-0.39, 0.29) is 5.56 Å². The van der Waals surface area contributed by atoms with Crippen molar-refractivity contribution in [2.45, 2.75) is 0 Å². The van der Waals surface area contributed by atoms with Crippen LogP contribution in [0.5, 0.6) is 0 Å². The van der Waals surface area contributed by atoms with E-state index in [1.807, 2.05) is 66.7 Å². The SMILES string of the molecule is F[B-](F)(F)F.O=c1[nH]c2ccc3ccccc3[n+]2nc1-c1ccccc1. The maximum absolute atomic E-state index is 12.2. The number of aromatic nitrogens is 3. The minimum absolute atomic E-state index is 0.184. The summed E-state index contributed by atoms with van der Waals surface area (Å²) >= 11 is 0. The number of nitrogens with zero attached hydrogens (tertiary/aromatic N) is 2. The van der Waals surface area contributed by atoms with E-state index >= 15 is 0 Å². The van der Waals surface area contributed by atoms with Crippen molar-refractivity contribution >= 4 is 23.8 Å². The number of H-pyrrole nitrogens is 1. The molecule has 1 N–H and O–H groups in total. The number of halogens is 4. The van der Waals surface area contributed by atoms with Crippen LogP contribution in [-0.4, -0.2) is 17.3 Å². The summed E-state index contributed by atoms with van der Waals surface area (Å²) in [6.45, 7) is 0. The third-order valence-corrected chi connectivity index (χ3v) is 3.52. The summed E-state index contributed by atoms with van der Waals surface area (Å²) in [5.41, 5.74) is 2.68. The van der Waals surface area contributed by atoms with Gasteiger partial charge in [-0.2, -0.15) is 0 Å². The van der Waals surface area contributed by atoms with E-state index in [2.05, 4.69) is 10.1 Å². The molecular formula is C17H12BF4N3O. The Bertz CT molecular complexity index is 1110. The zero-order valence-corrected chi connectivity index (χ0v) is 13.2. The average molecular weight is 361 g/mol. The molecule has 26 heavy (non-hydrogen) atoms. The molecule has 0 unspecified atom stereocenters. The fourth-order valence-corrected chi connectivity index (χ4v) is 2.50. The summed E-state index contributed by atoms with van der Waals surface area (Å²) in [7, 11) is -6.00. The van der Waals surface area contributed by atoms with E-state index in [1.54, 1.807) is 4.52 Å². The summed E-state index contributed by atoms with van der Waals surface area (Å²) in [4.78, 5) is 15.1. The smallest absolute Gasteiger partial charge is 0.418 e. The van der Waals surface area contributed by atoms with Crippen LogP contribution >= 0.6 is 0 Å². The van der Waals surface area contributed by atoms with Crippen molar-refractivity contribution in [3.05, 3.63) is 77.1 Å². The third-order valence-electron chi connectivity index (χ3n) is 3.52. The highest BCUT2D eigenvalue weighted by atomic mass is 19.5. The van der Waals surface area contributed by atoms with Gasteiger partial charge >= 0.3 is 18.5 Å². The molecule has 0 bridgehead atoms. The lowest BCUT2D eigenvalue weighted by Crippen LogP contribution is -2.34.